The Morgan fingerprint density at radius 3 is 2.85 bits per heavy atom. The first-order valence-corrected chi connectivity index (χ1v) is 6.47. The predicted octanol–water partition coefficient (Wildman–Crippen LogP) is 3.48. The highest BCUT2D eigenvalue weighted by Gasteiger charge is 2.64. The summed E-state index contributed by atoms with van der Waals surface area (Å²) in [5, 5.41) is 15.5. The van der Waals surface area contributed by atoms with Crippen LogP contribution in [0, 0.1) is 11.2 Å². The molecule has 1 fully saturated rings. The maximum atomic E-state index is 14.0. The van der Waals surface area contributed by atoms with Gasteiger partial charge in [-0.2, -0.15) is 5.10 Å². The number of H-pyrrole nitrogens is 1. The molecule has 0 bridgehead atoms. The molecule has 7 heteroatoms. The van der Waals surface area contributed by atoms with E-state index < -0.39 is 29.5 Å². The molecule has 20 heavy (non-hydrogen) atoms. The molecule has 3 nitrogen and oxygen atoms in total. The van der Waals surface area contributed by atoms with Crippen molar-refractivity contribution in [2.75, 3.05) is 6.61 Å². The largest absolute Gasteiger partial charge is 0.396 e. The Kier molecular flexibility index (Phi) is 2.82. The number of aliphatic hydroxyl groups excluding tert-OH is 1. The van der Waals surface area contributed by atoms with Crippen LogP contribution in [0.4, 0.5) is 13.2 Å². The first-order valence-electron chi connectivity index (χ1n) is 6.10. The Balaban J connectivity index is 2.24. The van der Waals surface area contributed by atoms with Gasteiger partial charge in [0.25, 0.3) is 5.92 Å². The molecule has 1 heterocycles. The van der Waals surface area contributed by atoms with Crippen LogP contribution in [-0.2, 0) is 0 Å². The number of fused-ring (bicyclic) bond motifs is 1. The van der Waals surface area contributed by atoms with Crippen molar-refractivity contribution in [3.8, 4) is 0 Å². The normalized spacial score (nSPS) is 28.6. The third-order valence-corrected chi connectivity index (χ3v) is 4.36. The van der Waals surface area contributed by atoms with Gasteiger partial charge >= 0.3 is 0 Å². The SMILES string of the molecule is CC1(CO)CC(F)(F)C1c1cc(Cl)c(F)c2cn[nH]c12. The average molecular weight is 305 g/mol. The van der Waals surface area contributed by atoms with Gasteiger partial charge in [-0.05, 0) is 11.6 Å². The molecule has 0 spiro atoms. The smallest absolute Gasteiger partial charge is 0.256 e. The van der Waals surface area contributed by atoms with Crippen LogP contribution in [0.3, 0.4) is 0 Å². The van der Waals surface area contributed by atoms with Gasteiger partial charge in [0.1, 0.15) is 0 Å². The fraction of sp³-hybridized carbons (Fsp3) is 0.462. The van der Waals surface area contributed by atoms with Gasteiger partial charge in [0, 0.05) is 18.4 Å². The summed E-state index contributed by atoms with van der Waals surface area (Å²) in [6, 6.07) is 1.20. The zero-order chi connectivity index (χ0) is 14.7. The van der Waals surface area contributed by atoms with E-state index in [4.69, 9.17) is 11.6 Å². The number of halogens is 4. The lowest BCUT2D eigenvalue weighted by Gasteiger charge is -2.52. The molecule has 2 N–H and O–H groups in total. The molecule has 0 aliphatic heterocycles. The Labute approximate surface area is 117 Å². The van der Waals surface area contributed by atoms with Crippen molar-refractivity contribution in [3.63, 3.8) is 0 Å². The number of aromatic nitrogens is 2. The number of hydrogen-bond acceptors (Lipinski definition) is 2. The molecular weight excluding hydrogens is 293 g/mol. The molecule has 2 aromatic rings. The summed E-state index contributed by atoms with van der Waals surface area (Å²) in [5.41, 5.74) is -0.560. The fourth-order valence-electron chi connectivity index (χ4n) is 3.17. The first kappa shape index (κ1) is 13.7. The lowest BCUT2D eigenvalue weighted by atomic mass is 9.56. The molecule has 2 unspecified atom stereocenters. The van der Waals surface area contributed by atoms with Crippen LogP contribution in [-0.4, -0.2) is 27.8 Å². The van der Waals surface area contributed by atoms with Crippen LogP contribution >= 0.6 is 11.6 Å². The number of alkyl halides is 2. The van der Waals surface area contributed by atoms with Crippen LogP contribution in [0.15, 0.2) is 12.3 Å². The quantitative estimate of drug-likeness (QED) is 0.892. The van der Waals surface area contributed by atoms with E-state index in [2.05, 4.69) is 10.2 Å². The van der Waals surface area contributed by atoms with Crippen LogP contribution in [0.1, 0.15) is 24.8 Å². The van der Waals surface area contributed by atoms with Crippen molar-refractivity contribution < 1.29 is 18.3 Å². The molecule has 0 amide bonds. The molecule has 0 radical (unpaired) electrons. The Bertz CT molecular complexity index is 688. The second-order valence-corrected chi connectivity index (χ2v) is 6.01. The van der Waals surface area contributed by atoms with Gasteiger partial charge in [0.15, 0.2) is 5.82 Å². The third kappa shape index (κ3) is 1.67. The highest BCUT2D eigenvalue weighted by molar-refractivity contribution is 6.31. The zero-order valence-corrected chi connectivity index (χ0v) is 11.3. The number of rotatable bonds is 2. The molecule has 2 atom stereocenters. The molecule has 1 saturated carbocycles. The number of aromatic amines is 1. The van der Waals surface area contributed by atoms with E-state index in [1.165, 1.54) is 12.3 Å². The van der Waals surface area contributed by atoms with Gasteiger partial charge in [-0.25, -0.2) is 13.2 Å². The van der Waals surface area contributed by atoms with Gasteiger partial charge in [-0.1, -0.05) is 18.5 Å². The molecule has 108 valence electrons. The van der Waals surface area contributed by atoms with Crippen LogP contribution in [0.2, 0.25) is 5.02 Å². The second kappa shape index (κ2) is 4.11. The Morgan fingerprint density at radius 2 is 2.25 bits per heavy atom. The molecule has 1 aromatic carbocycles. The zero-order valence-electron chi connectivity index (χ0n) is 10.6. The molecule has 1 aliphatic carbocycles. The minimum Gasteiger partial charge on any atom is -0.396 e. The summed E-state index contributed by atoms with van der Waals surface area (Å²) >= 11 is 5.78. The van der Waals surface area contributed by atoms with Gasteiger partial charge in [-0.3, -0.25) is 5.10 Å². The monoisotopic (exact) mass is 304 g/mol. The summed E-state index contributed by atoms with van der Waals surface area (Å²) in [4.78, 5) is 0. The van der Waals surface area contributed by atoms with Crippen molar-refractivity contribution >= 4 is 22.5 Å². The Hall–Kier alpha value is -1.27. The van der Waals surface area contributed by atoms with Crippen molar-refractivity contribution in [1.29, 1.82) is 0 Å². The molecule has 0 saturated heterocycles. The average Bonchev–Trinajstić information content (AvgIpc) is 2.83. The fourth-order valence-corrected chi connectivity index (χ4v) is 3.39. The second-order valence-electron chi connectivity index (χ2n) is 5.60. The number of nitrogens with one attached hydrogen (secondary N) is 1. The number of aliphatic hydroxyl groups is 1. The summed E-state index contributed by atoms with van der Waals surface area (Å²) in [6.07, 6.45) is 0.804. The maximum absolute atomic E-state index is 14.0. The van der Waals surface area contributed by atoms with Gasteiger partial charge in [0.2, 0.25) is 0 Å². The van der Waals surface area contributed by atoms with E-state index in [1.807, 2.05) is 0 Å². The lowest BCUT2D eigenvalue weighted by Crippen LogP contribution is -2.54. The highest BCUT2D eigenvalue weighted by atomic mass is 35.5. The van der Waals surface area contributed by atoms with Gasteiger partial charge < -0.3 is 5.11 Å². The van der Waals surface area contributed by atoms with Gasteiger partial charge in [0.05, 0.1) is 28.0 Å². The van der Waals surface area contributed by atoms with E-state index in [0.29, 0.717) is 0 Å². The summed E-state index contributed by atoms with van der Waals surface area (Å²) in [7, 11) is 0. The predicted molar refractivity (Wildman–Crippen MR) is 68.6 cm³/mol. The lowest BCUT2D eigenvalue weighted by molar-refractivity contribution is -0.193. The van der Waals surface area contributed by atoms with Crippen LogP contribution in [0.5, 0.6) is 0 Å². The third-order valence-electron chi connectivity index (χ3n) is 4.09. The summed E-state index contributed by atoms with van der Waals surface area (Å²) in [5.74, 6) is -4.87. The molecule has 1 aliphatic rings. The van der Waals surface area contributed by atoms with E-state index in [-0.39, 0.29) is 28.1 Å². The van der Waals surface area contributed by atoms with Gasteiger partial charge in [-0.15, -0.1) is 0 Å². The summed E-state index contributed by atoms with van der Waals surface area (Å²) < 4.78 is 41.7. The first-order chi connectivity index (χ1) is 9.30. The molecule has 3 rings (SSSR count). The Morgan fingerprint density at radius 1 is 1.55 bits per heavy atom. The molecular formula is C13H12ClF3N2O. The molecule has 1 aromatic heterocycles. The van der Waals surface area contributed by atoms with E-state index in [0.717, 1.165) is 0 Å². The highest BCUT2D eigenvalue weighted by Crippen LogP contribution is 2.62. The van der Waals surface area contributed by atoms with Crippen molar-refractivity contribution in [2.45, 2.75) is 25.2 Å². The summed E-state index contributed by atoms with van der Waals surface area (Å²) in [6.45, 7) is 1.20. The topological polar surface area (TPSA) is 48.9 Å². The number of hydrogen-bond donors (Lipinski definition) is 2. The van der Waals surface area contributed by atoms with E-state index in [1.54, 1.807) is 6.92 Å². The maximum Gasteiger partial charge on any atom is 0.256 e. The number of nitrogens with zero attached hydrogens (tertiary/aromatic N) is 1. The van der Waals surface area contributed by atoms with Crippen molar-refractivity contribution in [1.82, 2.24) is 10.2 Å². The standard InChI is InChI=1S/C13H12ClF3N2O/c1-12(5-20)4-13(16,17)11(12)6-2-8(14)9(15)7-3-18-19-10(6)7/h2-3,11,20H,4-5H2,1H3,(H,18,19). The minimum absolute atomic E-state index is 0.0792. The van der Waals surface area contributed by atoms with E-state index >= 15 is 0 Å². The van der Waals surface area contributed by atoms with Crippen LogP contribution in [0.25, 0.3) is 10.9 Å². The van der Waals surface area contributed by atoms with Crippen LogP contribution < -0.4 is 0 Å². The minimum atomic E-state index is -2.96. The van der Waals surface area contributed by atoms with Crippen molar-refractivity contribution in [3.05, 3.63) is 28.7 Å². The van der Waals surface area contributed by atoms with Crippen molar-refractivity contribution in [2.24, 2.45) is 5.41 Å². The number of benzene rings is 1. The van der Waals surface area contributed by atoms with E-state index in [9.17, 15) is 18.3 Å².